The second-order valence-corrected chi connectivity index (χ2v) is 4.72. The number of aromatic nitrogens is 1. The van der Waals surface area contributed by atoms with Crippen molar-refractivity contribution in [3.8, 4) is 0 Å². The fourth-order valence-corrected chi connectivity index (χ4v) is 1.86. The number of halogens is 1. The first-order valence-corrected chi connectivity index (χ1v) is 6.18. The van der Waals surface area contributed by atoms with Crippen LogP contribution in [-0.2, 0) is 6.54 Å². The molecular weight excluding hydrogens is 241 g/mol. The number of nitrogens with one attached hydrogen (secondary N) is 1. The lowest BCUT2D eigenvalue weighted by Gasteiger charge is -2.18. The zero-order valence-corrected chi connectivity index (χ0v) is 11.4. The van der Waals surface area contributed by atoms with Crippen molar-refractivity contribution >= 4 is 11.4 Å². The van der Waals surface area contributed by atoms with Gasteiger partial charge in [0.2, 0.25) is 0 Å². The van der Waals surface area contributed by atoms with Gasteiger partial charge < -0.3 is 10.2 Å². The minimum absolute atomic E-state index is 0.168. The molecule has 0 amide bonds. The first kappa shape index (κ1) is 13.3. The first-order chi connectivity index (χ1) is 9.08. The van der Waals surface area contributed by atoms with Crippen LogP contribution >= 0.6 is 0 Å². The second-order valence-electron chi connectivity index (χ2n) is 4.72. The monoisotopic (exact) mass is 259 g/mol. The van der Waals surface area contributed by atoms with Crippen LogP contribution in [0, 0.1) is 12.7 Å². The molecule has 1 aromatic heterocycles. The van der Waals surface area contributed by atoms with Gasteiger partial charge in [0.1, 0.15) is 5.82 Å². The number of benzene rings is 1. The van der Waals surface area contributed by atoms with E-state index < -0.39 is 0 Å². The van der Waals surface area contributed by atoms with Crippen molar-refractivity contribution in [2.24, 2.45) is 0 Å². The molecule has 0 bridgehead atoms. The number of aryl methyl sites for hydroxylation is 1. The van der Waals surface area contributed by atoms with Crippen molar-refractivity contribution < 1.29 is 4.39 Å². The van der Waals surface area contributed by atoms with E-state index in [2.05, 4.69) is 10.3 Å². The fraction of sp³-hybridized carbons (Fsp3) is 0.267. The van der Waals surface area contributed by atoms with Crippen molar-refractivity contribution in [3.63, 3.8) is 0 Å². The fourth-order valence-electron chi connectivity index (χ4n) is 1.86. The highest BCUT2D eigenvalue weighted by molar-refractivity contribution is 5.68. The average Bonchev–Trinajstić information content (AvgIpc) is 2.40. The summed E-state index contributed by atoms with van der Waals surface area (Å²) in [6, 6.07) is 7.23. The number of pyridine rings is 1. The maximum absolute atomic E-state index is 13.5. The van der Waals surface area contributed by atoms with Crippen LogP contribution in [0.5, 0.6) is 0 Å². The van der Waals surface area contributed by atoms with Gasteiger partial charge in [-0.1, -0.05) is 12.1 Å². The summed E-state index contributed by atoms with van der Waals surface area (Å²) >= 11 is 0. The molecular formula is C15H18FN3. The highest BCUT2D eigenvalue weighted by Crippen LogP contribution is 2.23. The lowest BCUT2D eigenvalue weighted by atomic mass is 10.1. The summed E-state index contributed by atoms with van der Waals surface area (Å²) in [5, 5.41) is 3.29. The molecule has 1 aromatic carbocycles. The standard InChI is InChI=1S/C15H18FN3/c1-11-4-5-12(8-13(11)16)9-18-14-10-17-7-6-15(14)19(2)3/h4-8,10,18H,9H2,1-3H3. The SMILES string of the molecule is Cc1ccc(CNc2cnccc2N(C)C)cc1F. The van der Waals surface area contributed by atoms with Crippen LogP contribution < -0.4 is 10.2 Å². The van der Waals surface area contributed by atoms with E-state index in [1.807, 2.05) is 31.1 Å². The van der Waals surface area contributed by atoms with Gasteiger partial charge in [0.05, 0.1) is 17.6 Å². The molecule has 0 aliphatic carbocycles. The Labute approximate surface area is 113 Å². The number of hydrogen-bond acceptors (Lipinski definition) is 3. The molecule has 0 radical (unpaired) electrons. The highest BCUT2D eigenvalue weighted by Gasteiger charge is 2.04. The number of hydrogen-bond donors (Lipinski definition) is 1. The second kappa shape index (κ2) is 5.69. The molecule has 1 heterocycles. The van der Waals surface area contributed by atoms with Crippen molar-refractivity contribution in [3.05, 3.63) is 53.6 Å². The van der Waals surface area contributed by atoms with E-state index in [4.69, 9.17) is 0 Å². The Morgan fingerprint density at radius 1 is 1.26 bits per heavy atom. The molecule has 4 heteroatoms. The van der Waals surface area contributed by atoms with Gasteiger partial charge >= 0.3 is 0 Å². The molecule has 19 heavy (non-hydrogen) atoms. The van der Waals surface area contributed by atoms with Gasteiger partial charge in [-0.2, -0.15) is 0 Å². The summed E-state index contributed by atoms with van der Waals surface area (Å²) in [5.41, 5.74) is 3.58. The van der Waals surface area contributed by atoms with Gasteiger partial charge in [0.25, 0.3) is 0 Å². The summed E-state index contributed by atoms with van der Waals surface area (Å²) < 4.78 is 13.5. The largest absolute Gasteiger partial charge is 0.378 e. The Kier molecular flexibility index (Phi) is 4.00. The Bertz CT molecular complexity index is 567. The summed E-state index contributed by atoms with van der Waals surface area (Å²) in [6.07, 6.45) is 3.53. The van der Waals surface area contributed by atoms with E-state index in [1.54, 1.807) is 31.5 Å². The molecule has 0 fully saturated rings. The minimum atomic E-state index is -0.168. The van der Waals surface area contributed by atoms with E-state index in [0.29, 0.717) is 12.1 Å². The van der Waals surface area contributed by atoms with Crippen molar-refractivity contribution in [2.45, 2.75) is 13.5 Å². The van der Waals surface area contributed by atoms with E-state index in [0.717, 1.165) is 16.9 Å². The van der Waals surface area contributed by atoms with Crippen molar-refractivity contribution in [2.75, 3.05) is 24.3 Å². The predicted octanol–water partition coefficient (Wildman–Crippen LogP) is 3.21. The van der Waals surface area contributed by atoms with Crippen molar-refractivity contribution in [1.29, 1.82) is 0 Å². The Hall–Kier alpha value is -2.10. The summed E-state index contributed by atoms with van der Waals surface area (Å²) in [6.45, 7) is 2.33. The molecule has 0 spiro atoms. The maximum Gasteiger partial charge on any atom is 0.126 e. The zero-order valence-electron chi connectivity index (χ0n) is 11.4. The molecule has 0 unspecified atom stereocenters. The molecule has 3 nitrogen and oxygen atoms in total. The van der Waals surface area contributed by atoms with Gasteiger partial charge in [-0.3, -0.25) is 4.98 Å². The van der Waals surface area contributed by atoms with Crippen LogP contribution in [0.3, 0.4) is 0 Å². The summed E-state index contributed by atoms with van der Waals surface area (Å²) in [4.78, 5) is 6.12. The van der Waals surface area contributed by atoms with Crippen LogP contribution in [0.1, 0.15) is 11.1 Å². The first-order valence-electron chi connectivity index (χ1n) is 6.18. The molecule has 100 valence electrons. The normalized spacial score (nSPS) is 10.3. The van der Waals surface area contributed by atoms with Gasteiger partial charge in [0.15, 0.2) is 0 Å². The Morgan fingerprint density at radius 3 is 2.74 bits per heavy atom. The van der Waals surface area contributed by atoms with Crippen molar-refractivity contribution in [1.82, 2.24) is 4.98 Å². The zero-order chi connectivity index (χ0) is 13.8. The average molecular weight is 259 g/mol. The molecule has 2 rings (SSSR count). The molecule has 1 N–H and O–H groups in total. The van der Waals surface area contributed by atoms with Crippen LogP contribution in [0.4, 0.5) is 15.8 Å². The summed E-state index contributed by atoms with van der Waals surface area (Å²) in [7, 11) is 3.96. The van der Waals surface area contributed by atoms with Gasteiger partial charge in [-0.15, -0.1) is 0 Å². The maximum atomic E-state index is 13.5. The lowest BCUT2D eigenvalue weighted by Crippen LogP contribution is -2.12. The third kappa shape index (κ3) is 3.22. The Balaban J connectivity index is 2.12. The quantitative estimate of drug-likeness (QED) is 0.914. The molecule has 0 saturated heterocycles. The third-order valence-corrected chi connectivity index (χ3v) is 3.00. The predicted molar refractivity (Wildman–Crippen MR) is 77.0 cm³/mol. The molecule has 0 saturated carbocycles. The van der Waals surface area contributed by atoms with Crippen LogP contribution in [0.15, 0.2) is 36.7 Å². The van der Waals surface area contributed by atoms with E-state index in [1.165, 1.54) is 0 Å². The summed E-state index contributed by atoms with van der Waals surface area (Å²) in [5.74, 6) is -0.168. The van der Waals surface area contributed by atoms with Gasteiger partial charge in [-0.25, -0.2) is 4.39 Å². The molecule has 0 atom stereocenters. The molecule has 2 aromatic rings. The smallest absolute Gasteiger partial charge is 0.126 e. The van der Waals surface area contributed by atoms with Crippen LogP contribution in [0.25, 0.3) is 0 Å². The van der Waals surface area contributed by atoms with Gasteiger partial charge in [0, 0.05) is 26.8 Å². The topological polar surface area (TPSA) is 28.2 Å². The Morgan fingerprint density at radius 2 is 2.05 bits per heavy atom. The lowest BCUT2D eigenvalue weighted by molar-refractivity contribution is 0.616. The highest BCUT2D eigenvalue weighted by atomic mass is 19.1. The molecule has 0 aliphatic heterocycles. The molecule has 0 aliphatic rings. The minimum Gasteiger partial charge on any atom is -0.378 e. The number of anilines is 2. The van der Waals surface area contributed by atoms with Crippen LogP contribution in [-0.4, -0.2) is 19.1 Å². The van der Waals surface area contributed by atoms with E-state index in [-0.39, 0.29) is 5.82 Å². The third-order valence-electron chi connectivity index (χ3n) is 3.00. The number of rotatable bonds is 4. The number of nitrogens with zero attached hydrogens (tertiary/aromatic N) is 2. The van der Waals surface area contributed by atoms with Crippen LogP contribution in [0.2, 0.25) is 0 Å². The van der Waals surface area contributed by atoms with E-state index >= 15 is 0 Å². The van der Waals surface area contributed by atoms with E-state index in [9.17, 15) is 4.39 Å². The van der Waals surface area contributed by atoms with Gasteiger partial charge in [-0.05, 0) is 30.2 Å².